The minimum Gasteiger partial charge on any atom is -0.393 e. The number of carbonyl (C=O) groups is 1. The highest BCUT2D eigenvalue weighted by atomic mass is 16.3. The summed E-state index contributed by atoms with van der Waals surface area (Å²) in [5.41, 5.74) is 2.10. The highest BCUT2D eigenvalue weighted by Crippen LogP contribution is 2.28. The van der Waals surface area contributed by atoms with Crippen LogP contribution in [0.5, 0.6) is 0 Å². The molecule has 1 amide bonds. The molecule has 1 aromatic carbocycles. The number of carbonyl (C=O) groups excluding carboxylic acids is 1. The van der Waals surface area contributed by atoms with E-state index >= 15 is 0 Å². The Kier molecular flexibility index (Phi) is 6.81. The second-order valence-electron chi connectivity index (χ2n) is 7.26. The molecule has 1 aromatic rings. The zero-order chi connectivity index (χ0) is 17.7. The van der Waals surface area contributed by atoms with Gasteiger partial charge in [-0.3, -0.25) is 9.69 Å². The first-order valence-electron chi connectivity index (χ1n) is 9.22. The van der Waals surface area contributed by atoms with Crippen molar-refractivity contribution in [1.29, 1.82) is 0 Å². The second kappa shape index (κ2) is 8.63. The van der Waals surface area contributed by atoms with Crippen molar-refractivity contribution >= 4 is 11.6 Å². The normalized spacial score (nSPS) is 23.2. The van der Waals surface area contributed by atoms with Gasteiger partial charge in [0.25, 0.3) is 0 Å². The van der Waals surface area contributed by atoms with Gasteiger partial charge in [-0.25, -0.2) is 0 Å². The Labute approximate surface area is 146 Å². The number of nitrogens with zero attached hydrogens (tertiary/aromatic N) is 1. The van der Waals surface area contributed by atoms with Gasteiger partial charge in [-0.2, -0.15) is 0 Å². The molecule has 1 saturated carbocycles. The first kappa shape index (κ1) is 18.9. The summed E-state index contributed by atoms with van der Waals surface area (Å²) >= 11 is 0. The zero-order valence-electron chi connectivity index (χ0n) is 15.5. The number of aliphatic hydroxyl groups is 1. The van der Waals surface area contributed by atoms with E-state index in [1.807, 2.05) is 32.2 Å². The fourth-order valence-corrected chi connectivity index (χ4v) is 3.46. The van der Waals surface area contributed by atoms with Crippen LogP contribution in [0.4, 0.5) is 5.69 Å². The number of amides is 1. The lowest BCUT2D eigenvalue weighted by Crippen LogP contribution is -2.43. The summed E-state index contributed by atoms with van der Waals surface area (Å²) < 4.78 is 0. The summed E-state index contributed by atoms with van der Waals surface area (Å²) in [7, 11) is 1.97. The summed E-state index contributed by atoms with van der Waals surface area (Å²) in [6, 6.07) is 7.83. The van der Waals surface area contributed by atoms with Gasteiger partial charge in [0.1, 0.15) is 0 Å². The lowest BCUT2D eigenvalue weighted by Gasteiger charge is -2.28. The van der Waals surface area contributed by atoms with Crippen molar-refractivity contribution in [3.8, 4) is 0 Å². The van der Waals surface area contributed by atoms with Gasteiger partial charge in [0.2, 0.25) is 5.91 Å². The Balaban J connectivity index is 1.98. The van der Waals surface area contributed by atoms with E-state index < -0.39 is 0 Å². The number of likely N-dealkylation sites (N-methyl/N-ethyl adjacent to an activating group) is 1. The number of nitrogens with one attached hydrogen (secondary N) is 1. The molecule has 0 aromatic heterocycles. The third-order valence-electron chi connectivity index (χ3n) is 5.54. The second-order valence-corrected chi connectivity index (χ2v) is 7.26. The van der Waals surface area contributed by atoms with Crippen LogP contribution in [-0.4, -0.2) is 41.7 Å². The van der Waals surface area contributed by atoms with Crippen molar-refractivity contribution in [2.75, 3.05) is 18.9 Å². The molecule has 4 heteroatoms. The lowest BCUT2D eigenvalue weighted by atomic mass is 9.96. The van der Waals surface area contributed by atoms with Crippen LogP contribution in [0.1, 0.15) is 57.9 Å². The van der Waals surface area contributed by atoms with Crippen LogP contribution < -0.4 is 5.32 Å². The van der Waals surface area contributed by atoms with Gasteiger partial charge in [0.15, 0.2) is 0 Å². The van der Waals surface area contributed by atoms with Crippen molar-refractivity contribution in [3.05, 3.63) is 29.8 Å². The van der Waals surface area contributed by atoms with Crippen molar-refractivity contribution in [1.82, 2.24) is 4.90 Å². The third-order valence-corrected chi connectivity index (χ3v) is 5.54. The van der Waals surface area contributed by atoms with Crippen LogP contribution in [0.15, 0.2) is 24.3 Å². The Hall–Kier alpha value is -1.39. The summed E-state index contributed by atoms with van der Waals surface area (Å²) in [5.74, 6) is 0.724. The molecule has 0 heterocycles. The number of benzene rings is 1. The summed E-state index contributed by atoms with van der Waals surface area (Å²) in [5, 5.41) is 13.1. The van der Waals surface area contributed by atoms with Crippen LogP contribution in [0, 0.1) is 5.92 Å². The molecule has 4 nitrogen and oxygen atoms in total. The lowest BCUT2D eigenvalue weighted by molar-refractivity contribution is -0.120. The monoisotopic (exact) mass is 332 g/mol. The maximum absolute atomic E-state index is 12.7. The van der Waals surface area contributed by atoms with Gasteiger partial charge >= 0.3 is 0 Å². The average molecular weight is 332 g/mol. The molecule has 24 heavy (non-hydrogen) atoms. The SMILES string of the molecule is CCC(C)c1ccccc1NC(=O)C(C)N(C)CC1CCCC1O. The van der Waals surface area contributed by atoms with Crippen LogP contribution in [-0.2, 0) is 4.79 Å². The predicted molar refractivity (Wildman–Crippen MR) is 99.2 cm³/mol. The number of hydrogen-bond acceptors (Lipinski definition) is 3. The smallest absolute Gasteiger partial charge is 0.241 e. The van der Waals surface area contributed by atoms with Gasteiger partial charge in [-0.15, -0.1) is 0 Å². The van der Waals surface area contributed by atoms with Crippen LogP contribution >= 0.6 is 0 Å². The predicted octanol–water partition coefficient (Wildman–Crippen LogP) is 3.62. The highest BCUT2D eigenvalue weighted by molar-refractivity contribution is 5.95. The summed E-state index contributed by atoms with van der Waals surface area (Å²) in [6.45, 7) is 7.04. The molecule has 0 spiro atoms. The Bertz CT molecular complexity index is 546. The van der Waals surface area contributed by atoms with Crippen molar-refractivity contribution in [2.24, 2.45) is 5.92 Å². The number of hydrogen-bond donors (Lipinski definition) is 2. The van der Waals surface area contributed by atoms with E-state index in [1.165, 1.54) is 5.56 Å². The van der Waals surface area contributed by atoms with Gasteiger partial charge < -0.3 is 10.4 Å². The van der Waals surface area contributed by atoms with Crippen LogP contribution in [0.3, 0.4) is 0 Å². The fourth-order valence-electron chi connectivity index (χ4n) is 3.46. The molecule has 4 unspecified atom stereocenters. The van der Waals surface area contributed by atoms with E-state index in [1.54, 1.807) is 0 Å². The largest absolute Gasteiger partial charge is 0.393 e. The maximum Gasteiger partial charge on any atom is 0.241 e. The maximum atomic E-state index is 12.7. The highest BCUT2D eigenvalue weighted by Gasteiger charge is 2.29. The minimum absolute atomic E-state index is 0.0146. The van der Waals surface area contributed by atoms with E-state index in [2.05, 4.69) is 30.1 Å². The topological polar surface area (TPSA) is 52.6 Å². The third kappa shape index (κ3) is 4.58. The molecule has 0 bridgehead atoms. The number of para-hydroxylation sites is 1. The van der Waals surface area contributed by atoms with E-state index in [0.29, 0.717) is 5.92 Å². The molecule has 0 saturated heterocycles. The Morgan fingerprint density at radius 2 is 2.04 bits per heavy atom. The molecule has 0 radical (unpaired) electrons. The molecule has 1 fully saturated rings. The van der Waals surface area contributed by atoms with Crippen LogP contribution in [0.2, 0.25) is 0 Å². The van der Waals surface area contributed by atoms with E-state index in [4.69, 9.17) is 0 Å². The molecular weight excluding hydrogens is 300 g/mol. The van der Waals surface area contributed by atoms with Gasteiger partial charge in [0.05, 0.1) is 12.1 Å². The molecule has 2 rings (SSSR count). The number of rotatable bonds is 7. The van der Waals surface area contributed by atoms with Gasteiger partial charge in [-0.05, 0) is 56.7 Å². The quantitative estimate of drug-likeness (QED) is 0.802. The van der Waals surface area contributed by atoms with Crippen molar-refractivity contribution in [2.45, 2.75) is 64.5 Å². The van der Waals surface area contributed by atoms with Gasteiger partial charge in [-0.1, -0.05) is 38.5 Å². The van der Waals surface area contributed by atoms with Gasteiger partial charge in [0, 0.05) is 12.2 Å². The van der Waals surface area contributed by atoms with E-state index in [-0.39, 0.29) is 24.0 Å². The Morgan fingerprint density at radius 1 is 1.33 bits per heavy atom. The molecule has 1 aliphatic rings. The Morgan fingerprint density at radius 3 is 2.67 bits per heavy atom. The molecule has 1 aliphatic carbocycles. The molecular formula is C20H32N2O2. The van der Waals surface area contributed by atoms with Crippen molar-refractivity contribution in [3.63, 3.8) is 0 Å². The fraction of sp³-hybridized carbons (Fsp3) is 0.650. The summed E-state index contributed by atoms with van der Waals surface area (Å²) in [4.78, 5) is 14.7. The minimum atomic E-state index is -0.220. The molecule has 134 valence electrons. The zero-order valence-corrected chi connectivity index (χ0v) is 15.5. The molecule has 0 aliphatic heterocycles. The van der Waals surface area contributed by atoms with E-state index in [9.17, 15) is 9.90 Å². The molecule has 4 atom stereocenters. The first-order valence-corrected chi connectivity index (χ1v) is 9.22. The standard InChI is InChI=1S/C20H32N2O2/c1-5-14(2)17-10-6-7-11-18(17)21-20(24)15(3)22(4)13-16-9-8-12-19(16)23/h6-7,10-11,14-16,19,23H,5,8-9,12-13H2,1-4H3,(H,21,24). The van der Waals surface area contributed by atoms with Crippen LogP contribution in [0.25, 0.3) is 0 Å². The van der Waals surface area contributed by atoms with E-state index in [0.717, 1.165) is 37.9 Å². The molecule has 2 N–H and O–H groups in total. The first-order chi connectivity index (χ1) is 11.4. The average Bonchev–Trinajstić information content (AvgIpc) is 2.98. The number of anilines is 1. The van der Waals surface area contributed by atoms with Crippen molar-refractivity contribution < 1.29 is 9.90 Å². The summed E-state index contributed by atoms with van der Waals surface area (Å²) in [6.07, 6.45) is 3.86. The number of aliphatic hydroxyl groups excluding tert-OH is 1.